The minimum atomic E-state index is -1.21. The van der Waals surface area contributed by atoms with Gasteiger partial charge in [0.25, 0.3) is 11.8 Å². The molecule has 2 amide bonds. The Kier molecular flexibility index (Phi) is 13.2. The lowest BCUT2D eigenvalue weighted by atomic mass is 10.1. The predicted octanol–water partition coefficient (Wildman–Crippen LogP) is 7.93. The van der Waals surface area contributed by atoms with E-state index in [1.165, 1.54) is 0 Å². The molecule has 2 aromatic carbocycles. The van der Waals surface area contributed by atoms with Gasteiger partial charge >= 0.3 is 0 Å². The molecule has 10 rings (SSSR count). The second-order valence-electron chi connectivity index (χ2n) is 18.0. The number of aromatic amines is 1. The quantitative estimate of drug-likeness (QED) is 0.0842. The Labute approximate surface area is 391 Å². The van der Waals surface area contributed by atoms with E-state index in [0.717, 1.165) is 66.7 Å². The number of nitrogens with one attached hydrogen (secondary N) is 3. The molecule has 6 aromatic heterocycles. The molecule has 20 heteroatoms. The summed E-state index contributed by atoms with van der Waals surface area (Å²) >= 11 is 12.3. The lowest BCUT2D eigenvalue weighted by Crippen LogP contribution is -2.40. The number of ether oxygens (including phenoxy) is 3. The second-order valence-corrected chi connectivity index (χ2v) is 24.5. The number of carbonyl (C=O) groups is 2. The van der Waals surface area contributed by atoms with E-state index in [-0.39, 0.29) is 23.9 Å². The van der Waals surface area contributed by atoms with Crippen molar-refractivity contribution in [2.45, 2.75) is 70.2 Å². The van der Waals surface area contributed by atoms with Crippen LogP contribution in [0.1, 0.15) is 46.4 Å². The van der Waals surface area contributed by atoms with Crippen LogP contribution in [-0.2, 0) is 35.0 Å². The highest BCUT2D eigenvalue weighted by Crippen LogP contribution is 2.32. The molecule has 0 spiro atoms. The first-order chi connectivity index (χ1) is 31.8. The Morgan fingerprint density at radius 3 is 1.92 bits per heavy atom. The van der Waals surface area contributed by atoms with E-state index < -0.39 is 8.07 Å². The number of aryl methyl sites for hydroxylation is 2. The summed E-state index contributed by atoms with van der Waals surface area (Å²) < 4.78 is 22.4. The normalized spacial score (nSPS) is 16.8. The molecular weight excluding hydrogens is 900 g/mol. The van der Waals surface area contributed by atoms with E-state index in [1.807, 2.05) is 55.1 Å². The molecule has 17 nitrogen and oxygen atoms in total. The maximum absolute atomic E-state index is 13.4. The highest BCUT2D eigenvalue weighted by Gasteiger charge is 2.25. The summed E-state index contributed by atoms with van der Waals surface area (Å²) in [5, 5.41) is 18.5. The number of fused-ring (bicyclic) bond motifs is 4. The Morgan fingerprint density at radius 1 is 0.803 bits per heavy atom. The van der Waals surface area contributed by atoms with Crippen LogP contribution in [0.5, 0.6) is 0 Å². The number of amides is 2. The summed E-state index contributed by atoms with van der Waals surface area (Å²) in [5.74, 6) is -0.374. The van der Waals surface area contributed by atoms with Gasteiger partial charge in [0.05, 0.1) is 59.9 Å². The molecule has 0 saturated carbocycles. The smallest absolute Gasteiger partial charge is 0.255 e. The summed E-state index contributed by atoms with van der Waals surface area (Å²) in [5.41, 5.74) is 7.50. The summed E-state index contributed by atoms with van der Waals surface area (Å²) in [4.78, 5) is 48.0. The maximum Gasteiger partial charge on any atom is 0.255 e. The van der Waals surface area contributed by atoms with Crippen LogP contribution in [0, 0.1) is 0 Å². The fourth-order valence-electron chi connectivity index (χ4n) is 8.23. The highest BCUT2D eigenvalue weighted by atomic mass is 35.5. The third-order valence-electron chi connectivity index (χ3n) is 11.8. The van der Waals surface area contributed by atoms with E-state index in [4.69, 9.17) is 52.4 Å². The third kappa shape index (κ3) is 9.84. The lowest BCUT2D eigenvalue weighted by molar-refractivity contribution is 0.0623. The van der Waals surface area contributed by atoms with Gasteiger partial charge in [0.15, 0.2) is 11.3 Å². The van der Waals surface area contributed by atoms with Gasteiger partial charge in [-0.15, -0.1) is 0 Å². The topological polar surface area (TPSA) is 194 Å². The van der Waals surface area contributed by atoms with Crippen LogP contribution >= 0.6 is 23.2 Å². The lowest BCUT2D eigenvalue weighted by Gasteiger charge is -2.22. The Balaban J connectivity index is 0.000000171. The van der Waals surface area contributed by atoms with Crippen LogP contribution in [0.15, 0.2) is 61.2 Å². The molecule has 2 aliphatic rings. The molecule has 344 valence electrons. The Hall–Kier alpha value is -5.76. The van der Waals surface area contributed by atoms with Crippen molar-refractivity contribution < 1.29 is 23.8 Å². The predicted molar refractivity (Wildman–Crippen MR) is 258 cm³/mol. The molecule has 3 N–H and O–H groups in total. The Morgan fingerprint density at radius 2 is 1.36 bits per heavy atom. The van der Waals surface area contributed by atoms with Crippen molar-refractivity contribution in [3.8, 4) is 22.8 Å². The van der Waals surface area contributed by atoms with Crippen LogP contribution in [0.25, 0.3) is 66.9 Å². The monoisotopic (exact) mass is 950 g/mol. The first-order valence-electron chi connectivity index (χ1n) is 22.1. The fraction of sp³-hybridized carbons (Fsp3) is 0.391. The minimum Gasteiger partial charge on any atom is -0.379 e. The summed E-state index contributed by atoms with van der Waals surface area (Å²) in [6, 6.07) is 12.3. The van der Waals surface area contributed by atoms with E-state index in [9.17, 15) is 9.59 Å². The van der Waals surface area contributed by atoms with Crippen molar-refractivity contribution in [2.75, 3.05) is 33.0 Å². The number of H-pyrrole nitrogens is 1. The zero-order valence-corrected chi connectivity index (χ0v) is 40.0. The molecule has 0 radical (unpaired) electrons. The van der Waals surface area contributed by atoms with Gasteiger partial charge in [0, 0.05) is 75.2 Å². The first-order valence-corrected chi connectivity index (χ1v) is 26.6. The number of nitrogens with zero attached hydrogens (tertiary/aromatic N) is 9. The molecule has 66 heavy (non-hydrogen) atoms. The average Bonchev–Trinajstić information content (AvgIpc) is 4.07. The molecule has 0 unspecified atom stereocenters. The van der Waals surface area contributed by atoms with Gasteiger partial charge in [-0.2, -0.15) is 10.2 Å². The van der Waals surface area contributed by atoms with E-state index in [2.05, 4.69) is 50.4 Å². The molecule has 2 saturated heterocycles. The molecule has 2 aliphatic heterocycles. The molecule has 8 aromatic rings. The van der Waals surface area contributed by atoms with E-state index >= 15 is 0 Å². The second kappa shape index (κ2) is 19.2. The largest absolute Gasteiger partial charge is 0.379 e. The average molecular weight is 952 g/mol. The fourth-order valence-corrected chi connectivity index (χ4v) is 9.31. The number of hydrogen-bond donors (Lipinski definition) is 3. The van der Waals surface area contributed by atoms with Crippen LogP contribution in [0.4, 0.5) is 0 Å². The standard InChI is InChI=1S/C26H33ClN6O3Si.C20H19ClN6O2/c1-32-22-12-17(27)7-8-19(22)23(31-32)21-13-28-25-24(30-21)20(26(34)29-18-6-5-9-35-15-18)14-33(25)16-36-10-11-37(2,3)4;1-27-16-7-11(21)4-5-13(16)17(26-27)15-9-23-19-18(25-15)14(8-22-19)20(28)24-12-3-2-6-29-10-12/h7-8,12-14,18H,5-6,9-11,15-16H2,1-4H3,(H,29,34);4-5,7-9,12H,2-3,6,10H2,1H3,(H,22,23)(H,24,28)/t18-;12-/m00/s1. The van der Waals surface area contributed by atoms with Gasteiger partial charge in [-0.25, -0.2) is 19.9 Å². The number of rotatable bonds is 11. The third-order valence-corrected chi connectivity index (χ3v) is 13.9. The summed E-state index contributed by atoms with van der Waals surface area (Å²) in [7, 11) is 2.51. The maximum atomic E-state index is 13.4. The Bertz CT molecular complexity index is 3070. The SMILES string of the molecule is Cn1nc(-c2cnc3[nH]cc(C(=O)N[C@H]4CCCOC4)c3n2)c2ccc(Cl)cc21.Cn1nc(-c2cnc3c(n2)c(C(=O)N[C@H]2CCCOC2)cn3COCC[Si](C)(C)C)c2ccc(Cl)cc21. The number of benzene rings is 2. The number of aromatic nitrogens is 10. The van der Waals surface area contributed by atoms with Crippen molar-refractivity contribution in [3.05, 3.63) is 82.4 Å². The van der Waals surface area contributed by atoms with Gasteiger partial charge in [-0.1, -0.05) is 42.8 Å². The van der Waals surface area contributed by atoms with Crippen LogP contribution in [0.3, 0.4) is 0 Å². The van der Waals surface area contributed by atoms with Gasteiger partial charge in [-0.3, -0.25) is 19.0 Å². The molecular formula is C46H52Cl2N12O5Si. The first kappa shape index (κ1) is 45.4. The number of carbonyl (C=O) groups excluding carboxylic acids is 2. The van der Waals surface area contributed by atoms with Crippen molar-refractivity contribution in [2.24, 2.45) is 14.1 Å². The van der Waals surface area contributed by atoms with Crippen LogP contribution in [-0.4, -0.2) is 114 Å². The highest BCUT2D eigenvalue weighted by molar-refractivity contribution is 6.76. The summed E-state index contributed by atoms with van der Waals surface area (Å²) in [6.07, 6.45) is 10.5. The van der Waals surface area contributed by atoms with Gasteiger partial charge in [-0.05, 0) is 68.1 Å². The molecule has 0 bridgehead atoms. The zero-order chi connectivity index (χ0) is 46.1. The van der Waals surface area contributed by atoms with Crippen molar-refractivity contribution in [1.82, 2.24) is 59.7 Å². The minimum absolute atomic E-state index is 0.0156. The van der Waals surface area contributed by atoms with E-state index in [1.54, 1.807) is 34.2 Å². The summed E-state index contributed by atoms with van der Waals surface area (Å²) in [6.45, 7) is 10.5. The van der Waals surface area contributed by atoms with Crippen LogP contribution in [0.2, 0.25) is 35.7 Å². The van der Waals surface area contributed by atoms with Gasteiger partial charge < -0.3 is 34.4 Å². The van der Waals surface area contributed by atoms with Crippen molar-refractivity contribution in [1.29, 1.82) is 0 Å². The van der Waals surface area contributed by atoms with E-state index in [0.29, 0.717) is 92.8 Å². The molecule has 0 aliphatic carbocycles. The van der Waals surface area contributed by atoms with Crippen LogP contribution < -0.4 is 10.6 Å². The van der Waals surface area contributed by atoms with Gasteiger partial charge in [0.1, 0.15) is 40.5 Å². The van der Waals surface area contributed by atoms with Crippen molar-refractivity contribution >= 4 is 87.2 Å². The molecule has 8 heterocycles. The van der Waals surface area contributed by atoms with Crippen molar-refractivity contribution in [3.63, 3.8) is 0 Å². The number of hydrogen-bond acceptors (Lipinski definition) is 11. The zero-order valence-electron chi connectivity index (χ0n) is 37.5. The molecule has 2 atom stereocenters. The van der Waals surface area contributed by atoms with Gasteiger partial charge in [0.2, 0.25) is 0 Å². The number of halogens is 2. The molecule has 2 fully saturated rings.